The number of unbranched alkanes of at least 4 members (excludes halogenated alkanes) is 52. The quantitative estimate of drug-likeness (QED) is 0.0320. The zero-order valence-electron chi connectivity index (χ0n) is 56.6. The minimum absolute atomic E-state index is 0.00547. The van der Waals surface area contributed by atoms with E-state index in [1.807, 2.05) is 0 Å². The molecule has 0 rings (SSSR count). The summed E-state index contributed by atoms with van der Waals surface area (Å²) in [4.78, 5) is 24.6. The number of hydrogen-bond donors (Lipinski definition) is 3. The standard InChI is InChI=1S/C78H147NO5/c1-3-5-7-9-11-13-15-17-19-44-48-52-56-60-64-68-72-78(83)84-73-69-65-61-57-53-49-45-42-40-38-36-34-32-30-28-26-24-22-20-21-23-25-27-29-31-33-35-37-39-41-43-47-51-55-59-63-67-71-77(82)79-75(74-80)76(81)70-66-62-58-54-50-46-18-16-14-12-10-8-6-4-2/h13,15,19-20,22,26,28,44,75-76,80-81H,3-12,14,16-18,21,23-25,27,29-43,45-74H2,1-2H3,(H,79,82)/b15-13-,22-20-,28-26-,44-19-. The molecule has 0 fully saturated rings. The maximum Gasteiger partial charge on any atom is 0.305 e. The van der Waals surface area contributed by atoms with Crippen molar-refractivity contribution in [2.45, 2.75) is 424 Å². The van der Waals surface area contributed by atoms with Crippen LogP contribution >= 0.6 is 0 Å². The lowest BCUT2D eigenvalue weighted by atomic mass is 10.0. The van der Waals surface area contributed by atoms with Gasteiger partial charge < -0.3 is 20.3 Å². The molecule has 0 aliphatic rings. The summed E-state index contributed by atoms with van der Waals surface area (Å²) in [6, 6.07) is -0.539. The number of esters is 1. The largest absolute Gasteiger partial charge is 0.466 e. The van der Waals surface area contributed by atoms with Gasteiger partial charge in [0.15, 0.2) is 0 Å². The van der Waals surface area contributed by atoms with Gasteiger partial charge in [0, 0.05) is 12.8 Å². The highest BCUT2D eigenvalue weighted by Crippen LogP contribution is 2.19. The van der Waals surface area contributed by atoms with Crippen molar-refractivity contribution in [2.75, 3.05) is 13.2 Å². The molecule has 1 amide bonds. The van der Waals surface area contributed by atoms with Crippen molar-refractivity contribution in [2.24, 2.45) is 0 Å². The number of aliphatic hydroxyl groups is 2. The summed E-state index contributed by atoms with van der Waals surface area (Å²) in [6.07, 6.45) is 96.2. The molecule has 3 N–H and O–H groups in total. The van der Waals surface area contributed by atoms with Gasteiger partial charge in [-0.25, -0.2) is 0 Å². The van der Waals surface area contributed by atoms with Gasteiger partial charge in [0.25, 0.3) is 0 Å². The summed E-state index contributed by atoms with van der Waals surface area (Å²) in [5, 5.41) is 23.3. The predicted molar refractivity (Wildman–Crippen MR) is 370 cm³/mol. The van der Waals surface area contributed by atoms with Gasteiger partial charge in [-0.15, -0.1) is 0 Å². The molecule has 6 nitrogen and oxygen atoms in total. The second-order valence-corrected chi connectivity index (χ2v) is 26.0. The van der Waals surface area contributed by atoms with Crippen molar-refractivity contribution in [3.8, 4) is 0 Å². The highest BCUT2D eigenvalue weighted by molar-refractivity contribution is 5.76. The van der Waals surface area contributed by atoms with Gasteiger partial charge in [-0.05, 0) is 89.9 Å². The molecule has 494 valence electrons. The van der Waals surface area contributed by atoms with E-state index < -0.39 is 12.1 Å². The minimum atomic E-state index is -0.662. The third-order valence-corrected chi connectivity index (χ3v) is 17.6. The molecular weight excluding hydrogens is 1030 g/mol. The summed E-state index contributed by atoms with van der Waals surface area (Å²) in [5.41, 5.74) is 0. The first-order valence-electron chi connectivity index (χ1n) is 37.9. The van der Waals surface area contributed by atoms with Crippen LogP contribution < -0.4 is 5.32 Å². The smallest absolute Gasteiger partial charge is 0.305 e. The number of carbonyl (C=O) groups excluding carboxylic acids is 2. The SMILES string of the molecule is CCCCCC/C=C\C/C=C\CCCCCCCC(=O)OCCCCCCCCCCCCCCC/C=C\C/C=C\CCCCCCCCCCCCCCCCCCCC(=O)NC(CO)C(O)CCCCCCCCCCCCCCCC. The third-order valence-electron chi connectivity index (χ3n) is 17.6. The monoisotopic (exact) mass is 1180 g/mol. The number of hydrogen-bond acceptors (Lipinski definition) is 5. The molecule has 0 aromatic heterocycles. The fourth-order valence-electron chi connectivity index (χ4n) is 11.8. The second kappa shape index (κ2) is 73.3. The predicted octanol–water partition coefficient (Wildman–Crippen LogP) is 24.8. The summed E-state index contributed by atoms with van der Waals surface area (Å²) >= 11 is 0. The van der Waals surface area contributed by atoms with Crippen LogP contribution in [-0.4, -0.2) is 47.4 Å². The van der Waals surface area contributed by atoms with Gasteiger partial charge in [0.05, 0.1) is 25.4 Å². The van der Waals surface area contributed by atoms with Crippen LogP contribution in [0.15, 0.2) is 48.6 Å². The van der Waals surface area contributed by atoms with E-state index in [1.165, 1.54) is 321 Å². The maximum atomic E-state index is 12.5. The van der Waals surface area contributed by atoms with Crippen molar-refractivity contribution < 1.29 is 24.5 Å². The maximum absolute atomic E-state index is 12.5. The van der Waals surface area contributed by atoms with Crippen LogP contribution in [0.2, 0.25) is 0 Å². The van der Waals surface area contributed by atoms with Crippen LogP contribution in [0.3, 0.4) is 0 Å². The van der Waals surface area contributed by atoms with Crippen LogP contribution in [0.5, 0.6) is 0 Å². The molecular formula is C78H147NO5. The second-order valence-electron chi connectivity index (χ2n) is 26.0. The molecule has 0 aromatic rings. The van der Waals surface area contributed by atoms with Crippen molar-refractivity contribution >= 4 is 11.9 Å². The van der Waals surface area contributed by atoms with Crippen molar-refractivity contribution in [3.63, 3.8) is 0 Å². The Labute approximate surface area is 525 Å². The lowest BCUT2D eigenvalue weighted by molar-refractivity contribution is -0.143. The molecule has 2 unspecified atom stereocenters. The number of allylic oxidation sites excluding steroid dienone is 8. The molecule has 0 heterocycles. The Bertz CT molecular complexity index is 1400. The summed E-state index contributed by atoms with van der Waals surface area (Å²) in [7, 11) is 0. The molecule has 0 aliphatic carbocycles. The average molecular weight is 1180 g/mol. The number of amides is 1. The van der Waals surface area contributed by atoms with Crippen LogP contribution in [0, 0.1) is 0 Å². The Morgan fingerprint density at radius 3 is 0.917 bits per heavy atom. The lowest BCUT2D eigenvalue weighted by Gasteiger charge is -2.22. The zero-order valence-corrected chi connectivity index (χ0v) is 56.6. The molecule has 0 aliphatic heterocycles. The van der Waals surface area contributed by atoms with Crippen LogP contribution in [-0.2, 0) is 14.3 Å². The fourth-order valence-corrected chi connectivity index (χ4v) is 11.8. The Balaban J connectivity index is 3.36. The molecule has 0 saturated carbocycles. The van der Waals surface area contributed by atoms with Crippen LogP contribution in [0.25, 0.3) is 0 Å². The highest BCUT2D eigenvalue weighted by atomic mass is 16.5. The third kappa shape index (κ3) is 68.9. The Morgan fingerprint density at radius 1 is 0.333 bits per heavy atom. The average Bonchev–Trinajstić information content (AvgIpc) is 3.51. The summed E-state index contributed by atoms with van der Waals surface area (Å²) in [5.74, 6) is -0.0245. The number of carbonyl (C=O) groups is 2. The Kier molecular flexibility index (Phi) is 71.4. The van der Waals surface area contributed by atoms with E-state index in [0.29, 0.717) is 25.9 Å². The van der Waals surface area contributed by atoms with Crippen molar-refractivity contribution in [1.82, 2.24) is 5.32 Å². The Hall–Kier alpha value is -2.18. The van der Waals surface area contributed by atoms with E-state index >= 15 is 0 Å². The van der Waals surface area contributed by atoms with Gasteiger partial charge in [0.1, 0.15) is 0 Å². The number of aliphatic hydroxyl groups excluding tert-OH is 2. The Morgan fingerprint density at radius 2 is 0.595 bits per heavy atom. The van der Waals surface area contributed by atoms with Gasteiger partial charge in [-0.1, -0.05) is 358 Å². The number of nitrogens with one attached hydrogen (secondary N) is 1. The lowest BCUT2D eigenvalue weighted by Crippen LogP contribution is -2.45. The topological polar surface area (TPSA) is 95.9 Å². The zero-order chi connectivity index (χ0) is 60.6. The number of rotatable bonds is 71. The normalized spacial score (nSPS) is 12.8. The minimum Gasteiger partial charge on any atom is -0.466 e. The summed E-state index contributed by atoms with van der Waals surface area (Å²) < 4.78 is 5.49. The molecule has 0 spiro atoms. The first-order valence-corrected chi connectivity index (χ1v) is 37.9. The van der Waals surface area contributed by atoms with Gasteiger partial charge in [0.2, 0.25) is 5.91 Å². The first-order chi connectivity index (χ1) is 41.5. The van der Waals surface area contributed by atoms with Crippen molar-refractivity contribution in [3.05, 3.63) is 48.6 Å². The molecule has 0 radical (unpaired) electrons. The molecule has 2 atom stereocenters. The van der Waals surface area contributed by atoms with E-state index in [-0.39, 0.29) is 18.5 Å². The molecule has 0 aromatic carbocycles. The van der Waals surface area contributed by atoms with Crippen molar-refractivity contribution in [1.29, 1.82) is 0 Å². The highest BCUT2D eigenvalue weighted by Gasteiger charge is 2.20. The molecule has 84 heavy (non-hydrogen) atoms. The van der Waals surface area contributed by atoms with E-state index in [4.69, 9.17) is 4.74 Å². The molecule has 0 bridgehead atoms. The van der Waals surface area contributed by atoms with E-state index in [1.54, 1.807) is 0 Å². The van der Waals surface area contributed by atoms with E-state index in [2.05, 4.69) is 67.8 Å². The molecule has 6 heteroatoms. The van der Waals surface area contributed by atoms with Crippen LogP contribution in [0.1, 0.15) is 412 Å². The first kappa shape index (κ1) is 81.8. The van der Waals surface area contributed by atoms with E-state index in [9.17, 15) is 19.8 Å². The summed E-state index contributed by atoms with van der Waals surface area (Å²) in [6.45, 7) is 4.96. The molecule has 0 saturated heterocycles. The van der Waals surface area contributed by atoms with Gasteiger partial charge in [-0.2, -0.15) is 0 Å². The number of ether oxygens (including phenoxy) is 1. The van der Waals surface area contributed by atoms with Gasteiger partial charge >= 0.3 is 5.97 Å². The van der Waals surface area contributed by atoms with Gasteiger partial charge in [-0.3, -0.25) is 9.59 Å². The van der Waals surface area contributed by atoms with Crippen LogP contribution in [0.4, 0.5) is 0 Å². The fraction of sp³-hybridized carbons (Fsp3) is 0.872. The van der Waals surface area contributed by atoms with E-state index in [0.717, 1.165) is 57.8 Å².